The molecule has 2 saturated heterocycles. The summed E-state index contributed by atoms with van der Waals surface area (Å²) in [6.45, 7) is 6.07. The highest BCUT2D eigenvalue weighted by atomic mass is 127. The highest BCUT2D eigenvalue weighted by Gasteiger charge is 2.29. The second-order valence-electron chi connectivity index (χ2n) is 4.55. The van der Waals surface area contributed by atoms with Gasteiger partial charge in [-0.15, -0.1) is 0 Å². The molecule has 2 aliphatic heterocycles. The van der Waals surface area contributed by atoms with Crippen LogP contribution in [-0.4, -0.2) is 55.3 Å². The van der Waals surface area contributed by atoms with Gasteiger partial charge in [0.1, 0.15) is 5.82 Å². The average Bonchev–Trinajstić information content (AvgIpc) is 2.39. The van der Waals surface area contributed by atoms with E-state index in [4.69, 9.17) is 4.74 Å². The van der Waals surface area contributed by atoms with E-state index in [9.17, 15) is 0 Å². The van der Waals surface area contributed by atoms with Gasteiger partial charge in [-0.1, -0.05) is 0 Å². The average molecular weight is 345 g/mol. The van der Waals surface area contributed by atoms with Gasteiger partial charge in [0.05, 0.1) is 19.3 Å². The van der Waals surface area contributed by atoms with Crippen molar-refractivity contribution in [3.05, 3.63) is 21.9 Å². The normalized spacial score (nSPS) is 25.7. The van der Waals surface area contributed by atoms with Gasteiger partial charge in [0.2, 0.25) is 0 Å². The van der Waals surface area contributed by atoms with Crippen molar-refractivity contribution in [3.8, 4) is 0 Å². The number of pyridine rings is 1. The first kappa shape index (κ1) is 11.7. The van der Waals surface area contributed by atoms with Crippen molar-refractivity contribution in [3.63, 3.8) is 0 Å². The zero-order valence-corrected chi connectivity index (χ0v) is 11.8. The first-order chi connectivity index (χ1) is 8.33. The monoisotopic (exact) mass is 345 g/mol. The van der Waals surface area contributed by atoms with Gasteiger partial charge < -0.3 is 9.64 Å². The van der Waals surface area contributed by atoms with E-state index in [0.717, 1.165) is 45.2 Å². The maximum Gasteiger partial charge on any atom is 0.128 e. The maximum atomic E-state index is 5.55. The third-order valence-corrected chi connectivity index (χ3v) is 4.11. The van der Waals surface area contributed by atoms with Crippen LogP contribution >= 0.6 is 22.6 Å². The summed E-state index contributed by atoms with van der Waals surface area (Å²) in [5.74, 6) is 1.09. The Kier molecular flexibility index (Phi) is 3.49. The molecular formula is C12H16IN3O. The van der Waals surface area contributed by atoms with Gasteiger partial charge in [-0.05, 0) is 34.7 Å². The van der Waals surface area contributed by atoms with Crippen LogP contribution < -0.4 is 4.90 Å². The summed E-state index contributed by atoms with van der Waals surface area (Å²) in [7, 11) is 0. The van der Waals surface area contributed by atoms with Gasteiger partial charge in [0.15, 0.2) is 0 Å². The zero-order valence-electron chi connectivity index (χ0n) is 9.68. The molecule has 1 atom stereocenters. The molecule has 17 heavy (non-hydrogen) atoms. The number of hydrogen-bond acceptors (Lipinski definition) is 4. The highest BCUT2D eigenvalue weighted by molar-refractivity contribution is 14.1. The van der Waals surface area contributed by atoms with Crippen molar-refractivity contribution >= 4 is 28.4 Å². The van der Waals surface area contributed by atoms with Crippen LogP contribution in [0.4, 0.5) is 5.82 Å². The fraction of sp³-hybridized carbons (Fsp3) is 0.583. The molecule has 1 aromatic heterocycles. The Bertz CT molecular complexity index is 384. The number of aromatic nitrogens is 1. The molecule has 0 unspecified atom stereocenters. The van der Waals surface area contributed by atoms with Gasteiger partial charge in [-0.3, -0.25) is 4.90 Å². The number of fused-ring (bicyclic) bond motifs is 1. The number of nitrogens with zero attached hydrogens (tertiary/aromatic N) is 3. The van der Waals surface area contributed by atoms with Crippen molar-refractivity contribution in [1.82, 2.24) is 9.88 Å². The summed E-state index contributed by atoms with van der Waals surface area (Å²) < 4.78 is 6.74. The molecule has 0 aromatic carbocycles. The van der Waals surface area contributed by atoms with E-state index in [1.54, 1.807) is 0 Å². The van der Waals surface area contributed by atoms with Crippen LogP contribution in [0.25, 0.3) is 0 Å². The number of ether oxygens (including phenoxy) is 1. The van der Waals surface area contributed by atoms with Gasteiger partial charge in [-0.2, -0.15) is 0 Å². The molecule has 0 amide bonds. The fourth-order valence-corrected chi connectivity index (χ4v) is 2.83. The smallest absolute Gasteiger partial charge is 0.128 e. The number of halogens is 1. The predicted molar refractivity (Wildman–Crippen MR) is 75.3 cm³/mol. The Morgan fingerprint density at radius 2 is 2.24 bits per heavy atom. The lowest BCUT2D eigenvalue weighted by Crippen LogP contribution is -2.58. The molecule has 0 bridgehead atoms. The van der Waals surface area contributed by atoms with E-state index in [1.165, 1.54) is 3.57 Å². The molecule has 0 saturated carbocycles. The Morgan fingerprint density at radius 3 is 3.06 bits per heavy atom. The lowest BCUT2D eigenvalue weighted by molar-refractivity contribution is -0.0117. The molecular weight excluding hydrogens is 329 g/mol. The minimum Gasteiger partial charge on any atom is -0.378 e. The van der Waals surface area contributed by atoms with Crippen LogP contribution in [-0.2, 0) is 4.74 Å². The molecule has 3 rings (SSSR count). The van der Waals surface area contributed by atoms with Gasteiger partial charge in [-0.25, -0.2) is 4.98 Å². The molecule has 0 spiro atoms. The van der Waals surface area contributed by atoms with Crippen molar-refractivity contribution in [2.45, 2.75) is 6.04 Å². The Balaban J connectivity index is 1.71. The number of hydrogen-bond donors (Lipinski definition) is 0. The second kappa shape index (κ2) is 5.07. The van der Waals surface area contributed by atoms with Crippen LogP contribution in [0.15, 0.2) is 18.3 Å². The molecule has 1 aromatic rings. The van der Waals surface area contributed by atoms with Crippen molar-refractivity contribution in [1.29, 1.82) is 0 Å². The van der Waals surface area contributed by atoms with E-state index < -0.39 is 0 Å². The van der Waals surface area contributed by atoms with Crippen molar-refractivity contribution in [2.75, 3.05) is 44.3 Å². The minimum absolute atomic E-state index is 0.540. The molecule has 0 N–H and O–H groups in total. The Hall–Kier alpha value is -0.400. The summed E-state index contributed by atoms with van der Waals surface area (Å²) in [4.78, 5) is 9.40. The van der Waals surface area contributed by atoms with E-state index in [-0.39, 0.29) is 0 Å². The lowest BCUT2D eigenvalue weighted by Gasteiger charge is -2.44. The van der Waals surface area contributed by atoms with E-state index >= 15 is 0 Å². The van der Waals surface area contributed by atoms with Gasteiger partial charge in [0, 0.05) is 35.9 Å². The van der Waals surface area contributed by atoms with E-state index in [0.29, 0.717) is 6.04 Å². The molecule has 2 fully saturated rings. The summed E-state index contributed by atoms with van der Waals surface area (Å²) >= 11 is 2.29. The van der Waals surface area contributed by atoms with Crippen LogP contribution in [0.5, 0.6) is 0 Å². The quantitative estimate of drug-likeness (QED) is 0.716. The molecule has 0 radical (unpaired) electrons. The third kappa shape index (κ3) is 2.56. The lowest BCUT2D eigenvalue weighted by atomic mass is 10.1. The largest absolute Gasteiger partial charge is 0.378 e. The molecule has 5 heteroatoms. The predicted octanol–water partition coefficient (Wildman–Crippen LogP) is 1.21. The maximum absolute atomic E-state index is 5.55. The van der Waals surface area contributed by atoms with Crippen molar-refractivity contribution < 1.29 is 4.74 Å². The fourth-order valence-electron chi connectivity index (χ4n) is 2.51. The molecule has 0 aliphatic carbocycles. The number of piperazine rings is 1. The van der Waals surface area contributed by atoms with Crippen LogP contribution in [0.1, 0.15) is 0 Å². The standard InChI is InChI=1S/C12H16IN3O/c13-10-1-2-12(14-7-10)16-4-3-15-5-6-17-9-11(15)8-16/h1-2,7,11H,3-6,8-9H2/t11-/m0/s1. The SMILES string of the molecule is Ic1ccc(N2CCN3CCOC[C@@H]3C2)nc1. The number of morpholine rings is 1. The molecule has 92 valence electrons. The first-order valence-electron chi connectivity index (χ1n) is 6.01. The minimum atomic E-state index is 0.540. The molecule has 4 nitrogen and oxygen atoms in total. The summed E-state index contributed by atoms with van der Waals surface area (Å²) in [6, 6.07) is 4.77. The van der Waals surface area contributed by atoms with Crippen LogP contribution in [0, 0.1) is 3.57 Å². The van der Waals surface area contributed by atoms with Gasteiger partial charge >= 0.3 is 0 Å². The van der Waals surface area contributed by atoms with Crippen molar-refractivity contribution in [2.24, 2.45) is 0 Å². The Labute approximate surface area is 115 Å². The molecule has 2 aliphatic rings. The zero-order chi connectivity index (χ0) is 11.7. The summed E-state index contributed by atoms with van der Waals surface area (Å²) in [6.07, 6.45) is 1.93. The third-order valence-electron chi connectivity index (χ3n) is 3.47. The van der Waals surface area contributed by atoms with E-state index in [2.05, 4.69) is 49.5 Å². The topological polar surface area (TPSA) is 28.6 Å². The van der Waals surface area contributed by atoms with E-state index in [1.807, 2.05) is 6.20 Å². The second-order valence-corrected chi connectivity index (χ2v) is 5.79. The first-order valence-corrected chi connectivity index (χ1v) is 7.09. The van der Waals surface area contributed by atoms with Crippen LogP contribution in [0.3, 0.4) is 0 Å². The number of rotatable bonds is 1. The van der Waals surface area contributed by atoms with Gasteiger partial charge in [0.25, 0.3) is 0 Å². The number of anilines is 1. The summed E-state index contributed by atoms with van der Waals surface area (Å²) in [5, 5.41) is 0. The molecule has 3 heterocycles. The highest BCUT2D eigenvalue weighted by Crippen LogP contribution is 2.19. The van der Waals surface area contributed by atoms with Crippen LogP contribution in [0.2, 0.25) is 0 Å². The summed E-state index contributed by atoms with van der Waals surface area (Å²) in [5.41, 5.74) is 0. The Morgan fingerprint density at radius 1 is 1.29 bits per heavy atom.